The molecule has 0 bridgehead atoms. The van der Waals surface area contributed by atoms with Crippen molar-refractivity contribution in [1.82, 2.24) is 4.90 Å². The Labute approximate surface area is 102 Å². The zero-order valence-corrected chi connectivity index (χ0v) is 11.1. The second-order valence-corrected chi connectivity index (χ2v) is 6.30. The molecule has 1 amide bonds. The third kappa shape index (κ3) is 2.31. The molecule has 0 N–H and O–H groups in total. The third-order valence-electron chi connectivity index (χ3n) is 3.65. The van der Waals surface area contributed by atoms with E-state index in [1.807, 2.05) is 20.8 Å². The Bertz CT molecular complexity index is 352. The molecule has 1 spiro atoms. The van der Waals surface area contributed by atoms with E-state index in [4.69, 9.17) is 4.74 Å². The van der Waals surface area contributed by atoms with Crippen molar-refractivity contribution in [3.8, 4) is 0 Å². The summed E-state index contributed by atoms with van der Waals surface area (Å²) < 4.78 is 5.36. The second kappa shape index (κ2) is 3.72. The predicted molar refractivity (Wildman–Crippen MR) is 63.7 cm³/mol. The maximum Gasteiger partial charge on any atom is 0.410 e. The van der Waals surface area contributed by atoms with E-state index in [-0.39, 0.29) is 23.3 Å². The molecule has 1 unspecified atom stereocenters. The number of likely N-dealkylation sites (tertiary alicyclic amines) is 1. The van der Waals surface area contributed by atoms with E-state index < -0.39 is 5.60 Å². The fourth-order valence-electron chi connectivity index (χ4n) is 2.79. The lowest BCUT2D eigenvalue weighted by Crippen LogP contribution is -2.45. The first kappa shape index (κ1) is 12.4. The minimum absolute atomic E-state index is 0.0860. The number of hydrogen-bond acceptors (Lipinski definition) is 3. The Balaban J connectivity index is 2.11. The van der Waals surface area contributed by atoms with Gasteiger partial charge in [0.05, 0.1) is 6.04 Å². The average Bonchev–Trinajstić information content (AvgIpc) is 2.74. The Kier molecular flexibility index (Phi) is 2.71. The molecule has 17 heavy (non-hydrogen) atoms. The van der Waals surface area contributed by atoms with Gasteiger partial charge >= 0.3 is 6.09 Å². The molecule has 1 atom stereocenters. The molecule has 1 saturated heterocycles. The third-order valence-corrected chi connectivity index (χ3v) is 3.65. The summed E-state index contributed by atoms with van der Waals surface area (Å²) in [5, 5.41) is 0. The molecular formula is C13H21NO3. The quantitative estimate of drug-likeness (QED) is 0.705. The molecule has 0 radical (unpaired) electrons. The largest absolute Gasteiger partial charge is 0.444 e. The van der Waals surface area contributed by atoms with Crippen LogP contribution in [0, 0.1) is 5.41 Å². The van der Waals surface area contributed by atoms with Gasteiger partial charge in [-0.05, 0) is 52.4 Å². The Morgan fingerprint density at radius 1 is 1.24 bits per heavy atom. The van der Waals surface area contributed by atoms with Crippen molar-refractivity contribution in [1.29, 1.82) is 0 Å². The first-order valence-corrected chi connectivity index (χ1v) is 6.25. The van der Waals surface area contributed by atoms with E-state index in [2.05, 4.69) is 0 Å². The number of Topliss-reactive ketones (excluding diaryl/α,β-unsaturated/α-hetero) is 1. The van der Waals surface area contributed by atoms with Crippen LogP contribution in [0.25, 0.3) is 0 Å². The van der Waals surface area contributed by atoms with Gasteiger partial charge in [0.25, 0.3) is 0 Å². The first-order valence-electron chi connectivity index (χ1n) is 6.25. The lowest BCUT2D eigenvalue weighted by atomic mass is 9.94. The Morgan fingerprint density at radius 3 is 2.24 bits per heavy atom. The number of amides is 1. The molecule has 2 aliphatic rings. The van der Waals surface area contributed by atoms with Crippen molar-refractivity contribution < 1.29 is 14.3 Å². The maximum absolute atomic E-state index is 12.0. The van der Waals surface area contributed by atoms with Crippen LogP contribution in [0.4, 0.5) is 4.79 Å². The van der Waals surface area contributed by atoms with Crippen LogP contribution in [-0.2, 0) is 9.53 Å². The van der Waals surface area contributed by atoms with Crippen molar-refractivity contribution in [2.45, 2.75) is 58.6 Å². The lowest BCUT2D eigenvalue weighted by molar-refractivity contribution is -0.122. The lowest BCUT2D eigenvalue weighted by Gasteiger charge is -2.29. The summed E-state index contributed by atoms with van der Waals surface area (Å²) in [6.45, 7) is 7.76. The average molecular weight is 239 g/mol. The van der Waals surface area contributed by atoms with Crippen LogP contribution in [0.5, 0.6) is 0 Å². The zero-order chi connectivity index (χ0) is 12.8. The van der Waals surface area contributed by atoms with Crippen LogP contribution in [0.15, 0.2) is 0 Å². The number of carbonyl (C=O) groups is 2. The number of rotatable bonds is 1. The molecule has 0 aromatic carbocycles. The van der Waals surface area contributed by atoms with Gasteiger partial charge in [-0.25, -0.2) is 4.79 Å². The molecule has 0 aromatic heterocycles. The molecule has 4 heteroatoms. The van der Waals surface area contributed by atoms with Gasteiger partial charge in [0.1, 0.15) is 5.60 Å². The van der Waals surface area contributed by atoms with Crippen molar-refractivity contribution in [3.05, 3.63) is 0 Å². The molecule has 2 rings (SSSR count). The SMILES string of the molecule is CC(=O)C1N(C(=O)OC(C)(C)C)CCC12CC2. The van der Waals surface area contributed by atoms with E-state index in [9.17, 15) is 9.59 Å². The van der Waals surface area contributed by atoms with Gasteiger partial charge in [0, 0.05) is 6.54 Å². The molecule has 1 aliphatic heterocycles. The van der Waals surface area contributed by atoms with Crippen molar-refractivity contribution in [2.75, 3.05) is 6.54 Å². The molecule has 1 heterocycles. The van der Waals surface area contributed by atoms with Crippen LogP contribution in [-0.4, -0.2) is 35.0 Å². The maximum atomic E-state index is 12.0. The normalized spacial score (nSPS) is 26.1. The fourth-order valence-corrected chi connectivity index (χ4v) is 2.79. The Hall–Kier alpha value is -1.06. The van der Waals surface area contributed by atoms with Crippen molar-refractivity contribution >= 4 is 11.9 Å². The van der Waals surface area contributed by atoms with Gasteiger partial charge in [-0.1, -0.05) is 0 Å². The smallest absolute Gasteiger partial charge is 0.410 e. The van der Waals surface area contributed by atoms with E-state index in [1.54, 1.807) is 11.8 Å². The summed E-state index contributed by atoms with van der Waals surface area (Å²) in [6.07, 6.45) is 2.73. The summed E-state index contributed by atoms with van der Waals surface area (Å²) in [5.74, 6) is 0.0888. The standard InChI is InChI=1S/C13H21NO3/c1-9(15)10-13(5-6-13)7-8-14(10)11(16)17-12(2,3)4/h10H,5-8H2,1-4H3. The van der Waals surface area contributed by atoms with Gasteiger partial charge < -0.3 is 4.74 Å². The number of ketones is 1. The zero-order valence-electron chi connectivity index (χ0n) is 11.1. The van der Waals surface area contributed by atoms with Crippen LogP contribution < -0.4 is 0 Å². The molecule has 0 aromatic rings. The molecule has 96 valence electrons. The topological polar surface area (TPSA) is 46.6 Å². The van der Waals surface area contributed by atoms with Gasteiger partial charge in [0.15, 0.2) is 5.78 Å². The van der Waals surface area contributed by atoms with Crippen LogP contribution in [0.2, 0.25) is 0 Å². The second-order valence-electron chi connectivity index (χ2n) is 6.30. The van der Waals surface area contributed by atoms with Crippen molar-refractivity contribution in [3.63, 3.8) is 0 Å². The Morgan fingerprint density at radius 2 is 1.82 bits per heavy atom. The van der Waals surface area contributed by atoms with E-state index in [1.165, 1.54) is 0 Å². The summed E-state index contributed by atoms with van der Waals surface area (Å²) in [4.78, 5) is 25.4. The highest BCUT2D eigenvalue weighted by Gasteiger charge is 2.59. The highest BCUT2D eigenvalue weighted by Crippen LogP contribution is 2.57. The first-order chi connectivity index (χ1) is 7.75. The molecule has 2 fully saturated rings. The number of hydrogen-bond donors (Lipinski definition) is 0. The number of ether oxygens (including phenoxy) is 1. The van der Waals surface area contributed by atoms with Crippen molar-refractivity contribution in [2.24, 2.45) is 5.41 Å². The van der Waals surface area contributed by atoms with Gasteiger partial charge in [-0.2, -0.15) is 0 Å². The molecular weight excluding hydrogens is 218 g/mol. The monoisotopic (exact) mass is 239 g/mol. The van der Waals surface area contributed by atoms with Gasteiger partial charge in [0.2, 0.25) is 0 Å². The van der Waals surface area contributed by atoms with E-state index in [0.29, 0.717) is 6.54 Å². The summed E-state index contributed by atoms with van der Waals surface area (Å²) in [7, 11) is 0. The highest BCUT2D eigenvalue weighted by atomic mass is 16.6. The minimum Gasteiger partial charge on any atom is -0.444 e. The molecule has 4 nitrogen and oxygen atoms in total. The van der Waals surface area contributed by atoms with Crippen LogP contribution >= 0.6 is 0 Å². The minimum atomic E-state index is -0.502. The fraction of sp³-hybridized carbons (Fsp3) is 0.846. The van der Waals surface area contributed by atoms with Crippen LogP contribution in [0.1, 0.15) is 47.0 Å². The predicted octanol–water partition coefficient (Wildman–Crippen LogP) is 2.37. The van der Waals surface area contributed by atoms with Gasteiger partial charge in [-0.3, -0.25) is 9.69 Å². The number of carbonyl (C=O) groups excluding carboxylic acids is 2. The number of nitrogens with zero attached hydrogens (tertiary/aromatic N) is 1. The van der Waals surface area contributed by atoms with E-state index in [0.717, 1.165) is 19.3 Å². The molecule has 1 saturated carbocycles. The molecule has 1 aliphatic carbocycles. The summed E-state index contributed by atoms with van der Waals surface area (Å²) >= 11 is 0. The van der Waals surface area contributed by atoms with Crippen LogP contribution in [0.3, 0.4) is 0 Å². The van der Waals surface area contributed by atoms with Gasteiger partial charge in [-0.15, -0.1) is 0 Å². The van der Waals surface area contributed by atoms with E-state index >= 15 is 0 Å². The summed E-state index contributed by atoms with van der Waals surface area (Å²) in [6, 6.07) is -0.252. The summed E-state index contributed by atoms with van der Waals surface area (Å²) in [5.41, 5.74) is -0.416. The highest BCUT2D eigenvalue weighted by molar-refractivity contribution is 5.87.